The summed E-state index contributed by atoms with van der Waals surface area (Å²) >= 11 is 0. The molecule has 0 atom stereocenters. The molecule has 0 saturated carbocycles. The summed E-state index contributed by atoms with van der Waals surface area (Å²) in [7, 11) is 0. The van der Waals surface area contributed by atoms with Gasteiger partial charge in [0.05, 0.1) is 0 Å². The first-order valence-electron chi connectivity index (χ1n) is 4.82. The van der Waals surface area contributed by atoms with Crippen LogP contribution in [0, 0.1) is 5.92 Å². The summed E-state index contributed by atoms with van der Waals surface area (Å²) in [6.45, 7) is 6.03. The quantitative estimate of drug-likeness (QED) is 0.367. The van der Waals surface area contributed by atoms with E-state index in [2.05, 4.69) is 17.2 Å². The van der Waals surface area contributed by atoms with Gasteiger partial charge in [-0.2, -0.15) is 0 Å². The minimum Gasteiger partial charge on any atom is -0.350 e. The van der Waals surface area contributed by atoms with Crippen LogP contribution in [0.3, 0.4) is 0 Å². The van der Waals surface area contributed by atoms with Gasteiger partial charge in [-0.15, -0.1) is 0 Å². The fraction of sp³-hybridized carbons (Fsp3) is 0.667. The summed E-state index contributed by atoms with van der Waals surface area (Å²) < 4.78 is 0. The molecule has 80 valence electrons. The number of carbonyl (C=O) groups excluding carboxylic acids is 1. The van der Waals surface area contributed by atoms with E-state index in [9.17, 15) is 4.79 Å². The van der Waals surface area contributed by atoms with Crippen molar-refractivity contribution in [1.29, 1.82) is 0 Å². The van der Waals surface area contributed by atoms with Crippen LogP contribution in [0.15, 0.2) is 12.3 Å². The van der Waals surface area contributed by atoms with Crippen molar-refractivity contribution in [2.45, 2.75) is 12.8 Å². The fourth-order valence-electron chi connectivity index (χ4n) is 1.48. The van der Waals surface area contributed by atoms with E-state index >= 15 is 0 Å². The summed E-state index contributed by atoms with van der Waals surface area (Å²) in [6, 6.07) is 0. The maximum absolute atomic E-state index is 11.2. The minimum absolute atomic E-state index is 0.0149. The molecule has 0 aromatic heterocycles. The lowest BCUT2D eigenvalue weighted by Gasteiger charge is -2.22. The monoisotopic (exact) mass is 199 g/mol. The second-order valence-corrected chi connectivity index (χ2v) is 3.49. The van der Waals surface area contributed by atoms with Gasteiger partial charge in [-0.25, -0.2) is 0 Å². The van der Waals surface area contributed by atoms with Gasteiger partial charge in [-0.1, -0.05) is 6.58 Å². The lowest BCUT2D eigenvalue weighted by atomic mass is 9.98. The molecule has 0 aromatic rings. The van der Waals surface area contributed by atoms with Crippen molar-refractivity contribution in [3.8, 4) is 0 Å². The SMILES string of the molecule is C=C(NO)C(=O)NCC1CCNCC1. The molecule has 5 heteroatoms. The first-order valence-corrected chi connectivity index (χ1v) is 4.82. The molecule has 0 unspecified atom stereocenters. The predicted molar refractivity (Wildman–Crippen MR) is 52.7 cm³/mol. The zero-order valence-electron chi connectivity index (χ0n) is 8.18. The Morgan fingerprint density at radius 2 is 2.14 bits per heavy atom. The van der Waals surface area contributed by atoms with Crippen LogP contribution in [0.5, 0.6) is 0 Å². The van der Waals surface area contributed by atoms with Crippen molar-refractivity contribution in [2.75, 3.05) is 19.6 Å². The summed E-state index contributed by atoms with van der Waals surface area (Å²) in [4.78, 5) is 11.2. The first-order chi connectivity index (χ1) is 6.74. The standard InChI is InChI=1S/C9H17N3O2/c1-7(12-14)9(13)11-6-8-2-4-10-5-3-8/h8,10,12,14H,1-6H2,(H,11,13). The first kappa shape index (κ1) is 11.0. The molecular weight excluding hydrogens is 182 g/mol. The molecule has 1 heterocycles. The summed E-state index contributed by atoms with van der Waals surface area (Å²) in [5.41, 5.74) is 1.72. The molecule has 0 aromatic carbocycles. The van der Waals surface area contributed by atoms with Crippen molar-refractivity contribution >= 4 is 5.91 Å². The van der Waals surface area contributed by atoms with Crippen molar-refractivity contribution in [3.05, 3.63) is 12.3 Å². The third-order valence-electron chi connectivity index (χ3n) is 2.42. The molecule has 1 amide bonds. The molecule has 1 saturated heterocycles. The van der Waals surface area contributed by atoms with E-state index in [-0.39, 0.29) is 11.6 Å². The zero-order chi connectivity index (χ0) is 10.4. The van der Waals surface area contributed by atoms with Gasteiger partial charge in [-0.3, -0.25) is 15.5 Å². The van der Waals surface area contributed by atoms with Crippen LogP contribution < -0.4 is 16.1 Å². The number of hydrogen-bond donors (Lipinski definition) is 4. The largest absolute Gasteiger partial charge is 0.350 e. The molecule has 1 aliphatic heterocycles. The Balaban J connectivity index is 2.18. The Labute approximate surface area is 83.5 Å². The molecule has 1 aliphatic rings. The molecule has 0 radical (unpaired) electrons. The molecule has 14 heavy (non-hydrogen) atoms. The van der Waals surface area contributed by atoms with Crippen LogP contribution in [0.4, 0.5) is 0 Å². The normalized spacial score (nSPS) is 17.5. The zero-order valence-corrected chi connectivity index (χ0v) is 8.18. The highest BCUT2D eigenvalue weighted by molar-refractivity contribution is 5.91. The third kappa shape index (κ3) is 3.35. The molecule has 1 fully saturated rings. The maximum atomic E-state index is 11.2. The van der Waals surface area contributed by atoms with Crippen LogP contribution in [-0.4, -0.2) is 30.7 Å². The average molecular weight is 199 g/mol. The van der Waals surface area contributed by atoms with Crippen molar-refractivity contribution < 1.29 is 10.0 Å². The third-order valence-corrected chi connectivity index (χ3v) is 2.42. The fourth-order valence-corrected chi connectivity index (χ4v) is 1.48. The van der Waals surface area contributed by atoms with Crippen LogP contribution in [0.2, 0.25) is 0 Å². The Kier molecular flexibility index (Phi) is 4.42. The van der Waals surface area contributed by atoms with Crippen LogP contribution >= 0.6 is 0 Å². The van der Waals surface area contributed by atoms with Crippen LogP contribution in [-0.2, 0) is 4.79 Å². The number of nitrogens with one attached hydrogen (secondary N) is 3. The second-order valence-electron chi connectivity index (χ2n) is 3.49. The van der Waals surface area contributed by atoms with Crippen molar-refractivity contribution in [2.24, 2.45) is 5.92 Å². The summed E-state index contributed by atoms with van der Waals surface area (Å²) in [5, 5.41) is 14.4. The summed E-state index contributed by atoms with van der Waals surface area (Å²) in [6.07, 6.45) is 2.17. The highest BCUT2D eigenvalue weighted by atomic mass is 16.5. The van der Waals surface area contributed by atoms with Gasteiger partial charge in [0.15, 0.2) is 0 Å². The Morgan fingerprint density at radius 3 is 2.71 bits per heavy atom. The lowest BCUT2D eigenvalue weighted by Crippen LogP contribution is -2.37. The number of amides is 1. The van der Waals surface area contributed by atoms with E-state index in [0.29, 0.717) is 12.5 Å². The van der Waals surface area contributed by atoms with Crippen molar-refractivity contribution in [3.63, 3.8) is 0 Å². The van der Waals surface area contributed by atoms with E-state index in [4.69, 9.17) is 5.21 Å². The van der Waals surface area contributed by atoms with E-state index in [1.807, 2.05) is 0 Å². The van der Waals surface area contributed by atoms with Crippen molar-refractivity contribution in [1.82, 2.24) is 16.1 Å². The van der Waals surface area contributed by atoms with Crippen LogP contribution in [0.1, 0.15) is 12.8 Å². The van der Waals surface area contributed by atoms with Gasteiger partial charge in [0, 0.05) is 6.54 Å². The van der Waals surface area contributed by atoms with E-state index in [1.165, 1.54) is 0 Å². The minimum atomic E-state index is -0.342. The Bertz CT molecular complexity index is 212. The molecule has 1 rings (SSSR count). The number of hydrogen-bond acceptors (Lipinski definition) is 4. The van der Waals surface area contributed by atoms with Gasteiger partial charge in [0.1, 0.15) is 5.70 Å². The molecular formula is C9H17N3O2. The molecule has 0 aliphatic carbocycles. The number of rotatable bonds is 4. The second kappa shape index (κ2) is 5.62. The van der Waals surface area contributed by atoms with Gasteiger partial charge in [0.2, 0.25) is 0 Å². The average Bonchev–Trinajstić information content (AvgIpc) is 2.26. The topological polar surface area (TPSA) is 73.4 Å². The van der Waals surface area contributed by atoms with Gasteiger partial charge in [-0.05, 0) is 31.8 Å². The van der Waals surface area contributed by atoms with Gasteiger partial charge < -0.3 is 10.6 Å². The Hall–Kier alpha value is -1.07. The number of carbonyl (C=O) groups is 1. The number of hydroxylamine groups is 1. The van der Waals surface area contributed by atoms with Crippen LogP contribution in [0.25, 0.3) is 0 Å². The molecule has 5 nitrogen and oxygen atoms in total. The predicted octanol–water partition coefficient (Wildman–Crippen LogP) is -0.405. The van der Waals surface area contributed by atoms with Gasteiger partial charge >= 0.3 is 0 Å². The molecule has 0 spiro atoms. The molecule has 0 bridgehead atoms. The maximum Gasteiger partial charge on any atom is 0.269 e. The lowest BCUT2D eigenvalue weighted by molar-refractivity contribution is -0.118. The van der Waals surface area contributed by atoms with Gasteiger partial charge in [0.25, 0.3) is 5.91 Å². The van der Waals surface area contributed by atoms with E-state index in [0.717, 1.165) is 25.9 Å². The summed E-state index contributed by atoms with van der Waals surface area (Å²) in [5.74, 6) is 0.192. The Morgan fingerprint density at radius 1 is 1.50 bits per heavy atom. The molecule has 4 N–H and O–H groups in total. The van der Waals surface area contributed by atoms with E-state index < -0.39 is 0 Å². The smallest absolute Gasteiger partial charge is 0.269 e. The highest BCUT2D eigenvalue weighted by Crippen LogP contribution is 2.09. The number of piperidine rings is 1. The highest BCUT2D eigenvalue weighted by Gasteiger charge is 2.14. The van der Waals surface area contributed by atoms with E-state index in [1.54, 1.807) is 5.48 Å².